The predicted octanol–water partition coefficient (Wildman–Crippen LogP) is 3.41. The summed E-state index contributed by atoms with van der Waals surface area (Å²) in [7, 11) is 3.92. The number of nitrogens with one attached hydrogen (secondary N) is 1. The summed E-state index contributed by atoms with van der Waals surface area (Å²) in [5.41, 5.74) is 1.97. The van der Waals surface area contributed by atoms with Crippen molar-refractivity contribution >= 4 is 17.3 Å². The van der Waals surface area contributed by atoms with E-state index < -0.39 is 0 Å². The van der Waals surface area contributed by atoms with Gasteiger partial charge in [-0.25, -0.2) is 9.13 Å². The molecule has 0 fully saturated rings. The van der Waals surface area contributed by atoms with E-state index in [1.54, 1.807) is 0 Å². The van der Waals surface area contributed by atoms with Gasteiger partial charge in [0, 0.05) is 17.3 Å². The van der Waals surface area contributed by atoms with E-state index in [0.29, 0.717) is 0 Å². The summed E-state index contributed by atoms with van der Waals surface area (Å²) in [5.74, 6) is 0.814. The van der Waals surface area contributed by atoms with E-state index >= 15 is 0 Å². The highest BCUT2D eigenvalue weighted by molar-refractivity contribution is 5.50. The van der Waals surface area contributed by atoms with Crippen molar-refractivity contribution in [1.82, 2.24) is 9.47 Å². The zero-order chi connectivity index (χ0) is 17.4. The minimum Gasteiger partial charge on any atom is -0.385 e. The molecule has 2 rings (SSSR count). The molecule has 0 amide bonds. The van der Waals surface area contributed by atoms with Crippen molar-refractivity contribution in [3.05, 3.63) is 36.7 Å². The van der Waals surface area contributed by atoms with Crippen molar-refractivity contribution in [2.75, 3.05) is 31.5 Å². The number of anilines is 1. The number of hydrogen-bond donors (Lipinski definition) is 1. The second kappa shape index (κ2) is 9.17. The summed E-state index contributed by atoms with van der Waals surface area (Å²) in [4.78, 5) is 2.44. The van der Waals surface area contributed by atoms with Crippen molar-refractivity contribution in [1.29, 1.82) is 0 Å². The van der Waals surface area contributed by atoms with E-state index in [4.69, 9.17) is 0 Å². The standard InChI is InChI=1S/C18H28N6/c1-5-24(6-2)13-7-12-19-16-8-10-17(11-9-16)20-21-18-22(3)14-15-23(18)4/h8-11,14-15H,5-7,12-13H2,1-4H3/p+1. The topological polar surface area (TPSA) is 48.8 Å². The average Bonchev–Trinajstić information content (AvgIpc) is 2.92. The minimum atomic E-state index is 0.814. The highest BCUT2D eigenvalue weighted by Crippen LogP contribution is 2.18. The molecule has 130 valence electrons. The molecule has 0 unspecified atom stereocenters. The first-order valence-electron chi connectivity index (χ1n) is 8.63. The first-order chi connectivity index (χ1) is 11.6. The largest absolute Gasteiger partial charge is 0.421 e. The van der Waals surface area contributed by atoms with Crippen LogP contribution in [0, 0.1) is 0 Å². The van der Waals surface area contributed by atoms with Crippen LogP contribution in [0.2, 0.25) is 0 Å². The molecule has 0 aliphatic rings. The molecule has 6 heteroatoms. The number of imidazole rings is 1. The molecular weight excluding hydrogens is 300 g/mol. The Morgan fingerprint density at radius 3 is 2.42 bits per heavy atom. The molecular formula is C18H29N6+. The van der Waals surface area contributed by atoms with Gasteiger partial charge in [0.2, 0.25) is 0 Å². The van der Waals surface area contributed by atoms with E-state index in [1.165, 1.54) is 0 Å². The molecule has 6 nitrogen and oxygen atoms in total. The lowest BCUT2D eigenvalue weighted by molar-refractivity contribution is -0.657. The highest BCUT2D eigenvalue weighted by Gasteiger charge is 2.10. The smallest absolute Gasteiger partial charge is 0.385 e. The monoisotopic (exact) mass is 329 g/mol. The minimum absolute atomic E-state index is 0.814. The molecule has 1 aromatic heterocycles. The van der Waals surface area contributed by atoms with Crippen LogP contribution in [0.5, 0.6) is 0 Å². The number of benzene rings is 1. The van der Waals surface area contributed by atoms with Gasteiger partial charge in [0.05, 0.1) is 26.5 Å². The average molecular weight is 329 g/mol. The van der Waals surface area contributed by atoms with Gasteiger partial charge in [-0.05, 0) is 50.3 Å². The lowest BCUT2D eigenvalue weighted by Crippen LogP contribution is -2.25. The summed E-state index contributed by atoms with van der Waals surface area (Å²) < 4.78 is 3.88. The molecule has 0 radical (unpaired) electrons. The quantitative estimate of drug-likeness (QED) is 0.435. The molecule has 24 heavy (non-hydrogen) atoms. The van der Waals surface area contributed by atoms with Gasteiger partial charge < -0.3 is 10.2 Å². The van der Waals surface area contributed by atoms with Crippen molar-refractivity contribution < 1.29 is 4.57 Å². The fraction of sp³-hybridized carbons (Fsp3) is 0.500. The van der Waals surface area contributed by atoms with Crippen LogP contribution in [0.4, 0.5) is 17.3 Å². The molecule has 2 aromatic rings. The van der Waals surface area contributed by atoms with Crippen molar-refractivity contribution in [2.45, 2.75) is 20.3 Å². The van der Waals surface area contributed by atoms with Crippen LogP contribution in [0.3, 0.4) is 0 Å². The fourth-order valence-corrected chi connectivity index (χ4v) is 2.55. The number of hydrogen-bond acceptors (Lipinski definition) is 4. The van der Waals surface area contributed by atoms with Gasteiger partial charge in [-0.1, -0.05) is 19.0 Å². The second-order valence-electron chi connectivity index (χ2n) is 5.87. The number of aromatic nitrogens is 2. The summed E-state index contributed by atoms with van der Waals surface area (Å²) in [6.07, 6.45) is 5.06. The zero-order valence-electron chi connectivity index (χ0n) is 15.2. The van der Waals surface area contributed by atoms with Gasteiger partial charge in [-0.15, -0.1) is 0 Å². The molecule has 1 N–H and O–H groups in total. The van der Waals surface area contributed by atoms with Gasteiger partial charge in [0.15, 0.2) is 0 Å². The van der Waals surface area contributed by atoms with Crippen molar-refractivity contribution in [3.63, 3.8) is 0 Å². The zero-order valence-corrected chi connectivity index (χ0v) is 15.2. The maximum atomic E-state index is 4.30. The van der Waals surface area contributed by atoms with E-state index in [9.17, 15) is 0 Å². The highest BCUT2D eigenvalue weighted by atomic mass is 15.3. The summed E-state index contributed by atoms with van der Waals surface area (Å²) >= 11 is 0. The third-order valence-corrected chi connectivity index (χ3v) is 4.14. The Morgan fingerprint density at radius 2 is 1.83 bits per heavy atom. The summed E-state index contributed by atoms with van der Waals surface area (Å²) in [6.45, 7) is 8.78. The molecule has 0 atom stereocenters. The summed E-state index contributed by atoms with van der Waals surface area (Å²) in [6, 6.07) is 8.08. The Labute approximate surface area is 144 Å². The van der Waals surface area contributed by atoms with Crippen molar-refractivity contribution in [3.8, 4) is 0 Å². The van der Waals surface area contributed by atoms with Gasteiger partial charge in [0.1, 0.15) is 5.69 Å². The van der Waals surface area contributed by atoms with Crippen LogP contribution in [0.25, 0.3) is 0 Å². The Bertz CT molecular complexity index is 621. The van der Waals surface area contributed by atoms with Gasteiger partial charge >= 0.3 is 5.95 Å². The number of rotatable bonds is 9. The van der Waals surface area contributed by atoms with E-state index in [-0.39, 0.29) is 0 Å². The van der Waals surface area contributed by atoms with Gasteiger partial charge in [-0.3, -0.25) is 0 Å². The molecule has 0 aliphatic carbocycles. The fourth-order valence-electron chi connectivity index (χ4n) is 2.55. The SMILES string of the molecule is CCN(CC)CCCNc1ccc(/N=N/c2n(C)cc[n+]2C)cc1. The van der Waals surface area contributed by atoms with Gasteiger partial charge in [-0.2, -0.15) is 0 Å². The molecule has 0 saturated carbocycles. The van der Waals surface area contributed by atoms with Crippen LogP contribution in [0.1, 0.15) is 20.3 Å². The third kappa shape index (κ3) is 5.16. The van der Waals surface area contributed by atoms with Crippen LogP contribution < -0.4 is 9.88 Å². The van der Waals surface area contributed by atoms with Crippen LogP contribution in [-0.4, -0.2) is 35.6 Å². The van der Waals surface area contributed by atoms with E-state index in [1.807, 2.05) is 47.8 Å². The molecule has 0 spiro atoms. The lowest BCUT2D eigenvalue weighted by Gasteiger charge is -2.17. The Kier molecular flexibility index (Phi) is 6.93. The Balaban J connectivity index is 1.83. The number of azo groups is 1. The normalized spacial score (nSPS) is 11.5. The molecule has 1 heterocycles. The molecule has 1 aromatic carbocycles. The van der Waals surface area contributed by atoms with Gasteiger partial charge in [0.25, 0.3) is 0 Å². The first kappa shape index (κ1) is 18.1. The maximum absolute atomic E-state index is 4.30. The van der Waals surface area contributed by atoms with E-state index in [0.717, 1.165) is 49.9 Å². The predicted molar refractivity (Wildman–Crippen MR) is 98.1 cm³/mol. The maximum Gasteiger partial charge on any atom is 0.421 e. The molecule has 0 aliphatic heterocycles. The van der Waals surface area contributed by atoms with Crippen molar-refractivity contribution in [2.24, 2.45) is 24.3 Å². The second-order valence-corrected chi connectivity index (χ2v) is 5.87. The Morgan fingerprint density at radius 1 is 1.12 bits per heavy atom. The summed E-state index contributed by atoms with van der Waals surface area (Å²) in [5, 5.41) is 12.1. The molecule has 0 saturated heterocycles. The van der Waals surface area contributed by atoms with Crippen LogP contribution in [0.15, 0.2) is 46.9 Å². The lowest BCUT2D eigenvalue weighted by atomic mass is 10.3. The van der Waals surface area contributed by atoms with Crippen LogP contribution in [-0.2, 0) is 14.1 Å². The molecule has 0 bridgehead atoms. The number of nitrogens with zero attached hydrogens (tertiary/aromatic N) is 5. The first-order valence-corrected chi connectivity index (χ1v) is 8.63. The van der Waals surface area contributed by atoms with E-state index in [2.05, 4.69) is 46.4 Å². The van der Waals surface area contributed by atoms with Crippen LogP contribution >= 0.6 is 0 Å². The third-order valence-electron chi connectivity index (χ3n) is 4.14. The number of aryl methyl sites for hydroxylation is 2. The Hall–Kier alpha value is -2.21.